The first-order valence-electron chi connectivity index (χ1n) is 9.26. The van der Waals surface area contributed by atoms with E-state index >= 15 is 0 Å². The Kier molecular flexibility index (Phi) is 3.75. The molecule has 1 N–H and O–H groups in total. The Balaban J connectivity index is 1.58. The van der Waals surface area contributed by atoms with Crippen molar-refractivity contribution in [1.82, 2.24) is 0 Å². The number of rotatable bonds is 2. The number of carbonyl (C=O) groups is 1. The van der Waals surface area contributed by atoms with Crippen molar-refractivity contribution >= 4 is 22.4 Å². The third kappa shape index (κ3) is 2.80. The highest BCUT2D eigenvalue weighted by molar-refractivity contribution is 6.06. The van der Waals surface area contributed by atoms with Gasteiger partial charge in [0.2, 0.25) is 5.91 Å². The molecule has 2 heteroatoms. The molecule has 5 rings (SSSR count). The minimum absolute atomic E-state index is 0.0796. The van der Waals surface area contributed by atoms with E-state index in [1.54, 1.807) is 0 Å². The second kappa shape index (κ2) is 6.40. The van der Waals surface area contributed by atoms with Crippen LogP contribution in [0.1, 0.15) is 23.5 Å². The van der Waals surface area contributed by atoms with Crippen molar-refractivity contribution < 1.29 is 4.79 Å². The molecule has 0 fully saturated rings. The molecule has 1 amide bonds. The van der Waals surface area contributed by atoms with Gasteiger partial charge in [0.05, 0.1) is 5.69 Å². The van der Waals surface area contributed by atoms with Crippen LogP contribution in [0.25, 0.3) is 21.9 Å². The number of amides is 1. The van der Waals surface area contributed by atoms with Gasteiger partial charge in [-0.3, -0.25) is 4.79 Å². The lowest BCUT2D eigenvalue weighted by Crippen LogP contribution is -2.23. The van der Waals surface area contributed by atoms with E-state index in [1.165, 1.54) is 22.3 Å². The van der Waals surface area contributed by atoms with Crippen molar-refractivity contribution in [2.75, 3.05) is 5.32 Å². The van der Waals surface area contributed by atoms with Crippen LogP contribution in [0.4, 0.5) is 5.69 Å². The van der Waals surface area contributed by atoms with Crippen molar-refractivity contribution in [3.05, 3.63) is 102 Å². The quantitative estimate of drug-likeness (QED) is 0.474. The zero-order valence-electron chi connectivity index (χ0n) is 14.9. The summed E-state index contributed by atoms with van der Waals surface area (Å²) in [4.78, 5) is 12.4. The number of anilines is 1. The molecule has 4 aromatic rings. The molecule has 1 aliphatic rings. The Labute approximate surface area is 158 Å². The molecule has 1 atom stereocenters. The Morgan fingerprint density at radius 3 is 2.22 bits per heavy atom. The molecule has 4 aromatic carbocycles. The van der Waals surface area contributed by atoms with Crippen LogP contribution in [0, 0.1) is 0 Å². The van der Waals surface area contributed by atoms with E-state index in [9.17, 15) is 4.79 Å². The van der Waals surface area contributed by atoms with Crippen molar-refractivity contribution in [2.24, 2.45) is 0 Å². The predicted octanol–water partition coefficient (Wildman–Crippen LogP) is 5.98. The smallest absolute Gasteiger partial charge is 0.225 e. The van der Waals surface area contributed by atoms with Crippen LogP contribution in [-0.2, 0) is 4.79 Å². The summed E-state index contributed by atoms with van der Waals surface area (Å²) in [7, 11) is 0. The number of hydrogen-bond donors (Lipinski definition) is 1. The fourth-order valence-electron chi connectivity index (χ4n) is 4.04. The molecule has 2 nitrogen and oxygen atoms in total. The highest BCUT2D eigenvalue weighted by atomic mass is 16.1. The van der Waals surface area contributed by atoms with Gasteiger partial charge in [-0.05, 0) is 27.6 Å². The molecular weight excluding hydrogens is 330 g/mol. The first-order chi connectivity index (χ1) is 13.3. The van der Waals surface area contributed by atoms with Gasteiger partial charge >= 0.3 is 0 Å². The summed E-state index contributed by atoms with van der Waals surface area (Å²) in [5, 5.41) is 5.36. The molecule has 0 radical (unpaired) electrons. The van der Waals surface area contributed by atoms with Crippen LogP contribution < -0.4 is 5.32 Å². The fraction of sp³-hybridized carbons (Fsp3) is 0.0800. The molecule has 0 saturated carbocycles. The van der Waals surface area contributed by atoms with Crippen LogP contribution in [0.3, 0.4) is 0 Å². The summed E-state index contributed by atoms with van der Waals surface area (Å²) in [5.41, 5.74) is 5.73. The van der Waals surface area contributed by atoms with Crippen LogP contribution in [-0.4, -0.2) is 5.91 Å². The summed E-state index contributed by atoms with van der Waals surface area (Å²) in [6.07, 6.45) is 0.482. The van der Waals surface area contributed by atoms with Crippen LogP contribution >= 0.6 is 0 Å². The Hall–Kier alpha value is -3.39. The van der Waals surface area contributed by atoms with Crippen molar-refractivity contribution in [3.8, 4) is 11.1 Å². The Morgan fingerprint density at radius 1 is 0.704 bits per heavy atom. The summed E-state index contributed by atoms with van der Waals surface area (Å²) in [6, 6.07) is 31.5. The molecule has 0 spiro atoms. The monoisotopic (exact) mass is 349 g/mol. The third-order valence-electron chi connectivity index (χ3n) is 5.41. The topological polar surface area (TPSA) is 29.1 Å². The Morgan fingerprint density at radius 2 is 1.41 bits per heavy atom. The molecule has 1 aliphatic heterocycles. The maximum atomic E-state index is 12.4. The van der Waals surface area contributed by atoms with Crippen molar-refractivity contribution in [3.63, 3.8) is 0 Å². The van der Waals surface area contributed by atoms with Gasteiger partial charge < -0.3 is 5.32 Å². The van der Waals surface area contributed by atoms with Gasteiger partial charge in [0.25, 0.3) is 0 Å². The van der Waals surface area contributed by atoms with E-state index in [1.807, 2.05) is 18.2 Å². The summed E-state index contributed by atoms with van der Waals surface area (Å²) < 4.78 is 0. The maximum Gasteiger partial charge on any atom is 0.225 e. The number of carbonyl (C=O) groups excluding carboxylic acids is 1. The minimum atomic E-state index is 0.0796. The SMILES string of the molecule is O=C1C[C@H](c2ccc(-c3ccccc3)cc2)c2ccc3ccccc3c2N1. The molecule has 0 unspecified atom stereocenters. The van der Waals surface area contributed by atoms with E-state index in [0.717, 1.165) is 16.5 Å². The van der Waals surface area contributed by atoms with Crippen molar-refractivity contribution in [2.45, 2.75) is 12.3 Å². The lowest BCUT2D eigenvalue weighted by molar-refractivity contribution is -0.116. The number of benzene rings is 4. The third-order valence-corrected chi connectivity index (χ3v) is 5.41. The van der Waals surface area contributed by atoms with E-state index < -0.39 is 0 Å². The van der Waals surface area contributed by atoms with E-state index in [4.69, 9.17) is 0 Å². The molecule has 130 valence electrons. The van der Waals surface area contributed by atoms with Gasteiger partial charge in [-0.15, -0.1) is 0 Å². The van der Waals surface area contributed by atoms with Gasteiger partial charge in [0.1, 0.15) is 0 Å². The van der Waals surface area contributed by atoms with Gasteiger partial charge in [0, 0.05) is 17.7 Å². The largest absolute Gasteiger partial charge is 0.325 e. The molecule has 27 heavy (non-hydrogen) atoms. The van der Waals surface area contributed by atoms with Gasteiger partial charge in [-0.1, -0.05) is 91.0 Å². The fourth-order valence-corrected chi connectivity index (χ4v) is 4.04. The van der Waals surface area contributed by atoms with Gasteiger partial charge in [-0.2, -0.15) is 0 Å². The van der Waals surface area contributed by atoms with Crippen LogP contribution in [0.5, 0.6) is 0 Å². The van der Waals surface area contributed by atoms with Gasteiger partial charge in [-0.25, -0.2) is 0 Å². The van der Waals surface area contributed by atoms with E-state index in [-0.39, 0.29) is 11.8 Å². The van der Waals surface area contributed by atoms with Gasteiger partial charge in [0.15, 0.2) is 0 Å². The second-order valence-corrected chi connectivity index (χ2v) is 7.04. The molecule has 0 bridgehead atoms. The number of fused-ring (bicyclic) bond motifs is 3. The molecule has 1 heterocycles. The predicted molar refractivity (Wildman–Crippen MR) is 111 cm³/mol. The first-order valence-corrected chi connectivity index (χ1v) is 9.26. The lowest BCUT2D eigenvalue weighted by Gasteiger charge is -2.27. The summed E-state index contributed by atoms with van der Waals surface area (Å²) in [6.45, 7) is 0. The molecule has 0 aromatic heterocycles. The second-order valence-electron chi connectivity index (χ2n) is 7.04. The molecular formula is C25H19NO. The maximum absolute atomic E-state index is 12.4. The average Bonchev–Trinajstić information content (AvgIpc) is 2.74. The summed E-state index contributed by atoms with van der Waals surface area (Å²) in [5.74, 6) is 0.166. The highest BCUT2D eigenvalue weighted by Crippen LogP contribution is 2.41. The zero-order valence-corrected chi connectivity index (χ0v) is 14.9. The normalized spacial score (nSPS) is 16.0. The summed E-state index contributed by atoms with van der Waals surface area (Å²) >= 11 is 0. The lowest BCUT2D eigenvalue weighted by atomic mass is 9.83. The minimum Gasteiger partial charge on any atom is -0.325 e. The first kappa shape index (κ1) is 15.8. The standard InChI is InChI=1S/C25H19NO/c27-24-16-23(20-12-10-18(11-13-20)17-6-2-1-3-7-17)22-15-14-19-8-4-5-9-21(19)25(22)26-24/h1-15,23H,16H2,(H,26,27)/t23-/m1/s1. The Bertz CT molecular complexity index is 1130. The number of nitrogens with one attached hydrogen (secondary N) is 1. The number of hydrogen-bond acceptors (Lipinski definition) is 1. The van der Waals surface area contributed by atoms with Crippen molar-refractivity contribution in [1.29, 1.82) is 0 Å². The highest BCUT2D eigenvalue weighted by Gasteiger charge is 2.27. The molecule has 0 saturated heterocycles. The van der Waals surface area contributed by atoms with Crippen LogP contribution in [0.2, 0.25) is 0 Å². The van der Waals surface area contributed by atoms with E-state index in [2.05, 4.69) is 78.1 Å². The van der Waals surface area contributed by atoms with Crippen LogP contribution in [0.15, 0.2) is 91.0 Å². The zero-order chi connectivity index (χ0) is 18.2. The average molecular weight is 349 g/mol. The molecule has 0 aliphatic carbocycles. The van der Waals surface area contributed by atoms with E-state index in [0.29, 0.717) is 6.42 Å².